The lowest BCUT2D eigenvalue weighted by molar-refractivity contribution is 0.102. The molecule has 1 aromatic carbocycles. The number of benzene rings is 1. The minimum atomic E-state index is -0.326. The molecular formula is C12H13N3O2. The Kier molecular flexibility index (Phi) is 2.82. The highest BCUT2D eigenvalue weighted by molar-refractivity contribution is 6.06. The zero-order valence-corrected chi connectivity index (χ0v) is 9.65. The quantitative estimate of drug-likeness (QED) is 0.776. The Balaban J connectivity index is 2.22. The van der Waals surface area contributed by atoms with E-state index in [1.165, 1.54) is 6.26 Å². The van der Waals surface area contributed by atoms with Gasteiger partial charge in [0.2, 0.25) is 0 Å². The summed E-state index contributed by atoms with van der Waals surface area (Å²) in [7, 11) is 0. The molecule has 0 aliphatic rings. The van der Waals surface area contributed by atoms with Crippen LogP contribution in [-0.4, -0.2) is 10.9 Å². The number of nitrogens with two attached hydrogens (primary N) is 1. The van der Waals surface area contributed by atoms with Gasteiger partial charge in [0.05, 0.1) is 11.3 Å². The molecule has 5 heteroatoms. The van der Waals surface area contributed by atoms with E-state index < -0.39 is 0 Å². The van der Waals surface area contributed by atoms with Crippen LogP contribution < -0.4 is 11.1 Å². The van der Waals surface area contributed by atoms with Crippen molar-refractivity contribution >= 4 is 17.6 Å². The lowest BCUT2D eigenvalue weighted by Gasteiger charge is -2.05. The van der Waals surface area contributed by atoms with Crippen LogP contribution >= 0.6 is 0 Å². The molecule has 0 bridgehead atoms. The van der Waals surface area contributed by atoms with Crippen LogP contribution in [-0.2, 0) is 0 Å². The zero-order valence-electron chi connectivity index (χ0n) is 9.65. The summed E-state index contributed by atoms with van der Waals surface area (Å²) in [5.41, 5.74) is 8.25. The van der Waals surface area contributed by atoms with Gasteiger partial charge in [0, 0.05) is 5.69 Å². The second kappa shape index (κ2) is 4.29. The van der Waals surface area contributed by atoms with Gasteiger partial charge in [-0.2, -0.15) is 4.98 Å². The first-order valence-electron chi connectivity index (χ1n) is 5.16. The van der Waals surface area contributed by atoms with Gasteiger partial charge in [-0.05, 0) is 26.0 Å². The van der Waals surface area contributed by atoms with E-state index >= 15 is 0 Å². The number of aromatic nitrogens is 1. The fraction of sp³-hybridized carbons (Fsp3) is 0.167. The van der Waals surface area contributed by atoms with E-state index in [2.05, 4.69) is 10.3 Å². The molecule has 0 fully saturated rings. The molecule has 0 saturated heterocycles. The minimum absolute atomic E-state index is 0.174. The number of nitrogens with one attached hydrogen (secondary N) is 1. The molecule has 0 unspecified atom stereocenters. The maximum absolute atomic E-state index is 11.9. The molecule has 1 aromatic heterocycles. The largest absolute Gasteiger partial charge is 0.432 e. The second-order valence-electron chi connectivity index (χ2n) is 3.84. The van der Waals surface area contributed by atoms with Crippen LogP contribution in [0.2, 0.25) is 0 Å². The molecule has 0 radical (unpaired) electrons. The molecule has 0 aliphatic heterocycles. The maximum atomic E-state index is 11.9. The van der Waals surface area contributed by atoms with Gasteiger partial charge in [-0.3, -0.25) is 10.1 Å². The van der Waals surface area contributed by atoms with Crippen LogP contribution in [0.5, 0.6) is 0 Å². The fourth-order valence-corrected chi connectivity index (χ4v) is 1.44. The van der Waals surface area contributed by atoms with Crippen molar-refractivity contribution in [2.75, 3.05) is 11.1 Å². The van der Waals surface area contributed by atoms with Crippen LogP contribution in [0.1, 0.15) is 21.6 Å². The Morgan fingerprint density at radius 2 is 2.18 bits per heavy atom. The zero-order chi connectivity index (χ0) is 12.4. The molecule has 2 aromatic rings. The van der Waals surface area contributed by atoms with E-state index in [9.17, 15) is 4.79 Å². The molecule has 1 heterocycles. The summed E-state index contributed by atoms with van der Waals surface area (Å²) < 4.78 is 5.04. The van der Waals surface area contributed by atoms with Crippen LogP contribution in [0.25, 0.3) is 0 Å². The molecule has 1 amide bonds. The lowest BCUT2D eigenvalue weighted by Crippen LogP contribution is -2.14. The minimum Gasteiger partial charge on any atom is -0.432 e. The highest BCUT2D eigenvalue weighted by atomic mass is 16.4. The maximum Gasteiger partial charge on any atom is 0.301 e. The Bertz CT molecular complexity index is 561. The van der Waals surface area contributed by atoms with Crippen molar-refractivity contribution in [3.63, 3.8) is 0 Å². The fourth-order valence-electron chi connectivity index (χ4n) is 1.44. The van der Waals surface area contributed by atoms with E-state index in [0.29, 0.717) is 16.9 Å². The number of carbonyl (C=O) groups is 1. The molecule has 17 heavy (non-hydrogen) atoms. The van der Waals surface area contributed by atoms with Crippen LogP contribution in [0.4, 0.5) is 11.7 Å². The van der Waals surface area contributed by atoms with Crippen molar-refractivity contribution in [2.45, 2.75) is 13.8 Å². The van der Waals surface area contributed by atoms with Gasteiger partial charge in [-0.25, -0.2) is 0 Å². The number of hydrogen-bond donors (Lipinski definition) is 2. The SMILES string of the molecule is Cc1ccc(N)c(C(=O)Nc2nc(C)co2)c1. The molecule has 2 rings (SSSR count). The van der Waals surface area contributed by atoms with Gasteiger partial charge in [0.1, 0.15) is 6.26 Å². The van der Waals surface area contributed by atoms with Crippen molar-refractivity contribution in [1.29, 1.82) is 0 Å². The second-order valence-corrected chi connectivity index (χ2v) is 3.84. The first kappa shape index (κ1) is 11.2. The Morgan fingerprint density at radius 1 is 1.41 bits per heavy atom. The van der Waals surface area contributed by atoms with E-state index in [-0.39, 0.29) is 11.9 Å². The number of amides is 1. The highest BCUT2D eigenvalue weighted by Gasteiger charge is 2.12. The number of nitrogens with zero attached hydrogens (tertiary/aromatic N) is 1. The van der Waals surface area contributed by atoms with Gasteiger partial charge in [-0.15, -0.1) is 0 Å². The van der Waals surface area contributed by atoms with Crippen molar-refractivity contribution < 1.29 is 9.21 Å². The average Bonchev–Trinajstić information content (AvgIpc) is 2.67. The Labute approximate surface area is 98.6 Å². The Morgan fingerprint density at radius 3 is 2.82 bits per heavy atom. The van der Waals surface area contributed by atoms with Crippen LogP contribution in [0, 0.1) is 13.8 Å². The van der Waals surface area contributed by atoms with E-state index in [1.54, 1.807) is 19.1 Å². The van der Waals surface area contributed by atoms with Gasteiger partial charge in [0.15, 0.2) is 0 Å². The predicted octanol–water partition coefficient (Wildman–Crippen LogP) is 2.13. The monoisotopic (exact) mass is 231 g/mol. The smallest absolute Gasteiger partial charge is 0.301 e. The molecule has 0 spiro atoms. The molecule has 3 N–H and O–H groups in total. The van der Waals surface area contributed by atoms with Crippen LogP contribution in [0.3, 0.4) is 0 Å². The topological polar surface area (TPSA) is 81.2 Å². The van der Waals surface area contributed by atoms with E-state index in [4.69, 9.17) is 10.2 Å². The van der Waals surface area contributed by atoms with Gasteiger partial charge >= 0.3 is 6.01 Å². The highest BCUT2D eigenvalue weighted by Crippen LogP contribution is 2.16. The summed E-state index contributed by atoms with van der Waals surface area (Å²) in [6.07, 6.45) is 1.47. The van der Waals surface area contributed by atoms with Gasteiger partial charge in [0.25, 0.3) is 5.91 Å². The molecule has 0 atom stereocenters. The molecular weight excluding hydrogens is 218 g/mol. The summed E-state index contributed by atoms with van der Waals surface area (Å²) >= 11 is 0. The summed E-state index contributed by atoms with van der Waals surface area (Å²) in [5.74, 6) is -0.326. The number of oxazole rings is 1. The molecule has 0 saturated carbocycles. The summed E-state index contributed by atoms with van der Waals surface area (Å²) in [4.78, 5) is 15.9. The van der Waals surface area contributed by atoms with E-state index in [0.717, 1.165) is 5.56 Å². The van der Waals surface area contributed by atoms with Gasteiger partial charge in [-0.1, -0.05) is 11.6 Å². The first-order chi connectivity index (χ1) is 8.06. The van der Waals surface area contributed by atoms with E-state index in [1.807, 2.05) is 13.0 Å². The average molecular weight is 231 g/mol. The third kappa shape index (κ3) is 2.44. The summed E-state index contributed by atoms with van der Waals surface area (Å²) in [6, 6.07) is 5.45. The molecule has 88 valence electrons. The molecule has 0 aliphatic carbocycles. The van der Waals surface area contributed by atoms with Crippen molar-refractivity contribution in [2.24, 2.45) is 0 Å². The number of hydrogen-bond acceptors (Lipinski definition) is 4. The predicted molar refractivity (Wildman–Crippen MR) is 64.8 cm³/mol. The lowest BCUT2D eigenvalue weighted by atomic mass is 10.1. The van der Waals surface area contributed by atoms with Crippen molar-refractivity contribution in [1.82, 2.24) is 4.98 Å². The number of rotatable bonds is 2. The third-order valence-electron chi connectivity index (χ3n) is 2.29. The van der Waals surface area contributed by atoms with Gasteiger partial charge < -0.3 is 10.2 Å². The first-order valence-corrected chi connectivity index (χ1v) is 5.16. The number of anilines is 2. The van der Waals surface area contributed by atoms with Crippen molar-refractivity contribution in [3.8, 4) is 0 Å². The number of aryl methyl sites for hydroxylation is 2. The summed E-state index contributed by atoms with van der Waals surface area (Å²) in [5, 5.41) is 2.55. The molecule has 5 nitrogen and oxygen atoms in total. The summed E-state index contributed by atoms with van der Waals surface area (Å²) in [6.45, 7) is 3.67. The van der Waals surface area contributed by atoms with Crippen LogP contribution in [0.15, 0.2) is 28.9 Å². The number of carbonyl (C=O) groups excluding carboxylic acids is 1. The van der Waals surface area contributed by atoms with Crippen molar-refractivity contribution in [3.05, 3.63) is 41.3 Å². The third-order valence-corrected chi connectivity index (χ3v) is 2.29. The number of nitrogen functional groups attached to an aromatic ring is 1. The standard InChI is InChI=1S/C12H13N3O2/c1-7-3-4-10(13)9(5-7)11(16)15-12-14-8(2)6-17-12/h3-6H,13H2,1-2H3,(H,14,15,16). The Hall–Kier alpha value is -2.30. The normalized spacial score (nSPS) is 10.2.